The number of hydrogen-bond acceptors (Lipinski definition) is 3. The number of isocyanates is 1. The summed E-state index contributed by atoms with van der Waals surface area (Å²) in [5, 5.41) is 0. The van der Waals surface area contributed by atoms with Crippen LogP contribution >= 0.6 is 11.9 Å². The van der Waals surface area contributed by atoms with E-state index >= 15 is 0 Å². The van der Waals surface area contributed by atoms with Gasteiger partial charge in [-0.3, -0.25) is 0 Å². The Bertz CT molecular complexity index is 77.8. The highest BCUT2D eigenvalue weighted by Crippen LogP contribution is 1.99. The molecule has 0 spiro atoms. The van der Waals surface area contributed by atoms with E-state index in [0.717, 1.165) is 12.2 Å². The highest BCUT2D eigenvalue weighted by molar-refractivity contribution is 7.98. The molecule has 3 heteroatoms. The van der Waals surface area contributed by atoms with E-state index in [4.69, 9.17) is 0 Å². The van der Waals surface area contributed by atoms with Gasteiger partial charge in [0.05, 0.1) is 0 Å². The van der Waals surface area contributed by atoms with Crippen molar-refractivity contribution in [3.8, 4) is 0 Å². The SMILES string of the molecule is CCCSN=C=O. The number of hydrogen-bond donors (Lipinski definition) is 0. The second-order valence-electron chi connectivity index (χ2n) is 1.02. The lowest BCUT2D eigenvalue weighted by atomic mass is 10.6. The largest absolute Gasteiger partial charge is 0.247 e. The standard InChI is InChI=1S/C4H7NOS/c1-2-3-7-5-4-6/h2-3H2,1H3. The van der Waals surface area contributed by atoms with Crippen LogP contribution < -0.4 is 0 Å². The maximum absolute atomic E-state index is 9.37. The van der Waals surface area contributed by atoms with E-state index in [1.54, 1.807) is 0 Å². The third kappa shape index (κ3) is 5.73. The summed E-state index contributed by atoms with van der Waals surface area (Å²) in [6.45, 7) is 2.04. The summed E-state index contributed by atoms with van der Waals surface area (Å²) < 4.78 is 3.27. The third-order valence-corrected chi connectivity index (χ3v) is 1.19. The molecule has 0 rings (SSSR count). The van der Waals surface area contributed by atoms with Crippen molar-refractivity contribution in [3.05, 3.63) is 0 Å². The van der Waals surface area contributed by atoms with Crippen molar-refractivity contribution >= 4 is 18.0 Å². The van der Waals surface area contributed by atoms with Gasteiger partial charge in [-0.05, 0) is 18.4 Å². The quantitative estimate of drug-likeness (QED) is 0.242. The predicted octanol–water partition coefficient (Wildman–Crippen LogP) is 1.38. The average molecular weight is 117 g/mol. The van der Waals surface area contributed by atoms with Gasteiger partial charge in [-0.25, -0.2) is 4.79 Å². The molecule has 0 aliphatic rings. The first-order valence-electron chi connectivity index (χ1n) is 2.11. The summed E-state index contributed by atoms with van der Waals surface area (Å²) in [6, 6.07) is 0. The maximum Gasteiger partial charge on any atom is 0.247 e. The van der Waals surface area contributed by atoms with Crippen LogP contribution in [0.1, 0.15) is 13.3 Å². The Morgan fingerprint density at radius 2 is 2.57 bits per heavy atom. The minimum atomic E-state index is 0.912. The lowest BCUT2D eigenvalue weighted by molar-refractivity contribution is 0.566. The van der Waals surface area contributed by atoms with Gasteiger partial charge in [0.15, 0.2) is 0 Å². The Hall–Kier alpha value is -0.270. The Labute approximate surface area is 47.1 Å². The fourth-order valence-electron chi connectivity index (χ4n) is 0.163. The van der Waals surface area contributed by atoms with Crippen molar-refractivity contribution in [1.29, 1.82) is 0 Å². The van der Waals surface area contributed by atoms with Gasteiger partial charge in [-0.15, -0.1) is 4.40 Å². The lowest BCUT2D eigenvalue weighted by Gasteiger charge is -1.79. The van der Waals surface area contributed by atoms with E-state index < -0.39 is 0 Å². The number of nitrogens with zero attached hydrogens (tertiary/aromatic N) is 1. The molecule has 40 valence electrons. The molecular formula is C4H7NOS. The molecule has 0 fully saturated rings. The highest BCUT2D eigenvalue weighted by Gasteiger charge is 1.75. The van der Waals surface area contributed by atoms with Gasteiger partial charge in [-0.1, -0.05) is 6.92 Å². The van der Waals surface area contributed by atoms with Crippen LogP contribution in [0, 0.1) is 0 Å². The average Bonchev–Trinajstić information content (AvgIpc) is 1.69. The molecule has 0 radical (unpaired) electrons. The van der Waals surface area contributed by atoms with Crippen molar-refractivity contribution < 1.29 is 4.79 Å². The van der Waals surface area contributed by atoms with Gasteiger partial charge < -0.3 is 0 Å². The Kier molecular flexibility index (Phi) is 5.51. The summed E-state index contributed by atoms with van der Waals surface area (Å²) >= 11 is 1.25. The smallest absolute Gasteiger partial charge is 0.210 e. The molecule has 0 aliphatic heterocycles. The zero-order valence-electron chi connectivity index (χ0n) is 4.18. The molecular weight excluding hydrogens is 110 g/mol. The topological polar surface area (TPSA) is 29.4 Å². The van der Waals surface area contributed by atoms with Crippen molar-refractivity contribution in [1.82, 2.24) is 0 Å². The van der Waals surface area contributed by atoms with E-state index in [-0.39, 0.29) is 0 Å². The van der Waals surface area contributed by atoms with Crippen LogP contribution in [0.2, 0.25) is 0 Å². The Morgan fingerprint density at radius 1 is 1.86 bits per heavy atom. The molecule has 0 unspecified atom stereocenters. The van der Waals surface area contributed by atoms with Gasteiger partial charge in [0.1, 0.15) is 0 Å². The summed E-state index contributed by atoms with van der Waals surface area (Å²) in [7, 11) is 0. The van der Waals surface area contributed by atoms with E-state index in [1.807, 2.05) is 6.92 Å². The first-order chi connectivity index (χ1) is 3.41. The van der Waals surface area contributed by atoms with Gasteiger partial charge in [0.25, 0.3) is 0 Å². The highest BCUT2D eigenvalue weighted by atomic mass is 32.2. The zero-order chi connectivity index (χ0) is 5.54. The van der Waals surface area contributed by atoms with Crippen LogP contribution in [0.5, 0.6) is 0 Å². The van der Waals surface area contributed by atoms with Gasteiger partial charge in [0, 0.05) is 5.75 Å². The van der Waals surface area contributed by atoms with Gasteiger partial charge in [0.2, 0.25) is 6.08 Å². The summed E-state index contributed by atoms with van der Waals surface area (Å²) in [6.07, 6.45) is 2.49. The molecule has 0 saturated carbocycles. The number of rotatable bonds is 3. The van der Waals surface area contributed by atoms with Crippen molar-refractivity contribution in [2.24, 2.45) is 4.40 Å². The van der Waals surface area contributed by atoms with Gasteiger partial charge >= 0.3 is 0 Å². The molecule has 0 aliphatic carbocycles. The first-order valence-corrected chi connectivity index (χ1v) is 3.05. The van der Waals surface area contributed by atoms with Crippen LogP contribution in [0.4, 0.5) is 0 Å². The third-order valence-electron chi connectivity index (χ3n) is 0.397. The van der Waals surface area contributed by atoms with Gasteiger partial charge in [-0.2, -0.15) is 0 Å². The van der Waals surface area contributed by atoms with Crippen LogP contribution in [-0.2, 0) is 4.79 Å². The molecule has 0 bridgehead atoms. The van der Waals surface area contributed by atoms with E-state index in [2.05, 4.69) is 4.40 Å². The Balaban J connectivity index is 2.83. The molecule has 0 aromatic heterocycles. The molecule has 0 aromatic rings. The van der Waals surface area contributed by atoms with E-state index in [1.165, 1.54) is 18.0 Å². The monoisotopic (exact) mass is 117 g/mol. The lowest BCUT2D eigenvalue weighted by Crippen LogP contribution is -1.65. The number of carbonyl (C=O) groups excluding carboxylic acids is 1. The minimum absolute atomic E-state index is 0.912. The molecule has 0 saturated heterocycles. The summed E-state index contributed by atoms with van der Waals surface area (Å²) in [4.78, 5) is 9.37. The van der Waals surface area contributed by atoms with Crippen LogP contribution in [-0.4, -0.2) is 11.8 Å². The summed E-state index contributed by atoms with van der Waals surface area (Å²) in [5.74, 6) is 0.912. The fourth-order valence-corrected chi connectivity index (χ4v) is 0.490. The Morgan fingerprint density at radius 3 is 3.00 bits per heavy atom. The van der Waals surface area contributed by atoms with Crippen LogP contribution in [0.15, 0.2) is 4.40 Å². The first kappa shape index (κ1) is 6.73. The molecule has 0 heterocycles. The maximum atomic E-state index is 9.37. The second kappa shape index (κ2) is 5.73. The predicted molar refractivity (Wildman–Crippen MR) is 30.9 cm³/mol. The van der Waals surface area contributed by atoms with Crippen molar-refractivity contribution in [3.63, 3.8) is 0 Å². The normalized spacial score (nSPS) is 7.57. The molecule has 0 aromatic carbocycles. The van der Waals surface area contributed by atoms with Crippen LogP contribution in [0.25, 0.3) is 0 Å². The van der Waals surface area contributed by atoms with E-state index in [9.17, 15) is 4.79 Å². The second-order valence-corrected chi connectivity index (χ2v) is 1.86. The molecule has 2 nitrogen and oxygen atoms in total. The van der Waals surface area contributed by atoms with Crippen molar-refractivity contribution in [2.45, 2.75) is 13.3 Å². The molecule has 7 heavy (non-hydrogen) atoms. The molecule has 0 atom stereocenters. The zero-order valence-corrected chi connectivity index (χ0v) is 4.99. The molecule has 0 amide bonds. The van der Waals surface area contributed by atoms with Crippen LogP contribution in [0.3, 0.4) is 0 Å². The summed E-state index contributed by atoms with van der Waals surface area (Å²) in [5.41, 5.74) is 0. The fraction of sp³-hybridized carbons (Fsp3) is 0.750. The molecule has 0 N–H and O–H groups in total. The van der Waals surface area contributed by atoms with Crippen molar-refractivity contribution in [2.75, 3.05) is 5.75 Å². The minimum Gasteiger partial charge on any atom is -0.210 e. The van der Waals surface area contributed by atoms with E-state index in [0.29, 0.717) is 0 Å².